The van der Waals surface area contributed by atoms with Crippen LogP contribution in [0.15, 0.2) is 33.6 Å². The lowest BCUT2D eigenvalue weighted by atomic mass is 10.2. The van der Waals surface area contributed by atoms with Crippen LogP contribution in [0, 0.1) is 6.92 Å². The Labute approximate surface area is 131 Å². The zero-order valence-corrected chi connectivity index (χ0v) is 13.9. The monoisotopic (exact) mass is 356 g/mol. The molecule has 5 heteroatoms. The van der Waals surface area contributed by atoms with E-state index in [1.54, 1.807) is 11.8 Å². The molecular weight excluding hydrogens is 344 g/mol. The smallest absolute Gasteiger partial charge is 0.140 e. The molecule has 0 aliphatic carbocycles. The van der Waals surface area contributed by atoms with Gasteiger partial charge in [-0.1, -0.05) is 34.5 Å². The van der Waals surface area contributed by atoms with Gasteiger partial charge in [-0.15, -0.1) is 11.8 Å². The summed E-state index contributed by atoms with van der Waals surface area (Å²) in [5, 5.41) is 0.585. The highest BCUT2D eigenvalue weighted by Crippen LogP contribution is 2.25. The minimum atomic E-state index is 0.585. The third-order valence-corrected chi connectivity index (χ3v) is 4.59. The lowest BCUT2D eigenvalue weighted by Gasteiger charge is -2.07. The van der Waals surface area contributed by atoms with Crippen molar-refractivity contribution in [2.75, 3.05) is 0 Å². The van der Waals surface area contributed by atoms with Crippen molar-refractivity contribution < 1.29 is 0 Å². The fourth-order valence-corrected chi connectivity index (χ4v) is 3.15. The van der Waals surface area contributed by atoms with Crippen molar-refractivity contribution in [1.29, 1.82) is 0 Å². The van der Waals surface area contributed by atoms with Crippen molar-refractivity contribution in [2.24, 2.45) is 0 Å². The Kier molecular flexibility index (Phi) is 5.25. The van der Waals surface area contributed by atoms with E-state index >= 15 is 0 Å². The number of thioether (sulfide) groups is 1. The first-order valence-corrected chi connectivity index (χ1v) is 8.16. The van der Waals surface area contributed by atoms with E-state index in [1.165, 1.54) is 4.90 Å². The minimum Gasteiger partial charge on any atom is -0.237 e. The third kappa shape index (κ3) is 3.94. The molecule has 0 spiro atoms. The van der Waals surface area contributed by atoms with Crippen molar-refractivity contribution >= 4 is 39.3 Å². The Bertz CT molecular complexity index is 549. The normalized spacial score (nSPS) is 10.7. The predicted molar refractivity (Wildman–Crippen MR) is 84.9 cm³/mol. The number of benzene rings is 1. The highest BCUT2D eigenvalue weighted by Gasteiger charge is 2.08. The van der Waals surface area contributed by atoms with Gasteiger partial charge in [-0.25, -0.2) is 9.97 Å². The van der Waals surface area contributed by atoms with E-state index in [2.05, 4.69) is 45.0 Å². The van der Waals surface area contributed by atoms with Gasteiger partial charge in [0.05, 0.1) is 5.75 Å². The maximum Gasteiger partial charge on any atom is 0.140 e. The standard InChI is InChI=1S/C14H14BrClN2S/c1-3-12-9(2)17-13(18-14(12)16)8-19-11-6-4-10(15)5-7-11/h4-7H,3,8H2,1-2H3. The van der Waals surface area contributed by atoms with Gasteiger partial charge in [-0.2, -0.15) is 0 Å². The zero-order valence-electron chi connectivity index (χ0n) is 10.8. The molecule has 19 heavy (non-hydrogen) atoms. The van der Waals surface area contributed by atoms with Crippen LogP contribution in [0.2, 0.25) is 5.15 Å². The summed E-state index contributed by atoms with van der Waals surface area (Å²) in [7, 11) is 0. The molecule has 2 rings (SSSR count). The van der Waals surface area contributed by atoms with Crippen LogP contribution in [0.25, 0.3) is 0 Å². The molecule has 0 saturated carbocycles. The highest BCUT2D eigenvalue weighted by molar-refractivity contribution is 9.10. The molecule has 0 atom stereocenters. The van der Waals surface area contributed by atoms with E-state index in [1.807, 2.05) is 19.1 Å². The molecule has 0 fully saturated rings. The molecule has 100 valence electrons. The van der Waals surface area contributed by atoms with Gasteiger partial charge in [0.15, 0.2) is 0 Å². The molecule has 0 aliphatic rings. The van der Waals surface area contributed by atoms with Gasteiger partial charge < -0.3 is 0 Å². The summed E-state index contributed by atoms with van der Waals surface area (Å²) in [6.45, 7) is 4.05. The Hall–Kier alpha value is -0.580. The van der Waals surface area contributed by atoms with Gasteiger partial charge >= 0.3 is 0 Å². The molecule has 2 aromatic rings. The molecule has 0 unspecified atom stereocenters. The maximum absolute atomic E-state index is 6.17. The van der Waals surface area contributed by atoms with Gasteiger partial charge in [0.2, 0.25) is 0 Å². The summed E-state index contributed by atoms with van der Waals surface area (Å²) in [4.78, 5) is 10.1. The number of aryl methyl sites for hydroxylation is 1. The minimum absolute atomic E-state index is 0.585. The predicted octanol–water partition coefficient (Wildman–Crippen LogP) is 5.06. The Morgan fingerprint density at radius 3 is 2.47 bits per heavy atom. The molecule has 2 nitrogen and oxygen atoms in total. The van der Waals surface area contributed by atoms with E-state index in [0.29, 0.717) is 5.15 Å². The average molecular weight is 358 g/mol. The van der Waals surface area contributed by atoms with Gasteiger partial charge in [-0.3, -0.25) is 0 Å². The number of hydrogen-bond acceptors (Lipinski definition) is 3. The molecule has 1 aromatic heterocycles. The first kappa shape index (κ1) is 14.8. The van der Waals surface area contributed by atoms with Crippen LogP contribution >= 0.6 is 39.3 Å². The average Bonchev–Trinajstić information content (AvgIpc) is 2.38. The second-order valence-corrected chi connectivity index (χ2v) is 6.41. The zero-order chi connectivity index (χ0) is 13.8. The lowest BCUT2D eigenvalue weighted by molar-refractivity contribution is 0.938. The summed E-state index contributed by atoms with van der Waals surface area (Å²) < 4.78 is 1.08. The quantitative estimate of drug-likeness (QED) is 0.565. The van der Waals surface area contributed by atoms with Crippen molar-refractivity contribution in [1.82, 2.24) is 9.97 Å². The SMILES string of the molecule is CCc1c(C)nc(CSc2ccc(Br)cc2)nc1Cl. The largest absolute Gasteiger partial charge is 0.237 e. The Balaban J connectivity index is 2.09. The van der Waals surface area contributed by atoms with Gasteiger partial charge in [0, 0.05) is 20.6 Å². The van der Waals surface area contributed by atoms with Crippen LogP contribution in [0.5, 0.6) is 0 Å². The highest BCUT2D eigenvalue weighted by atomic mass is 79.9. The molecule has 0 aliphatic heterocycles. The van der Waals surface area contributed by atoms with Crippen LogP contribution in [0.3, 0.4) is 0 Å². The summed E-state index contributed by atoms with van der Waals surface area (Å²) >= 11 is 11.3. The first-order valence-electron chi connectivity index (χ1n) is 6.00. The second-order valence-electron chi connectivity index (χ2n) is 4.09. The fraction of sp³-hybridized carbons (Fsp3) is 0.286. The molecular formula is C14H14BrClN2S. The van der Waals surface area contributed by atoms with Crippen LogP contribution in [-0.4, -0.2) is 9.97 Å². The van der Waals surface area contributed by atoms with Crippen LogP contribution in [-0.2, 0) is 12.2 Å². The van der Waals surface area contributed by atoms with Crippen LogP contribution in [0.1, 0.15) is 24.0 Å². The Morgan fingerprint density at radius 2 is 1.89 bits per heavy atom. The molecule has 0 amide bonds. The van der Waals surface area contributed by atoms with Gasteiger partial charge in [-0.05, 0) is 37.6 Å². The summed E-state index contributed by atoms with van der Waals surface area (Å²) in [5.74, 6) is 1.51. The van der Waals surface area contributed by atoms with E-state index in [-0.39, 0.29) is 0 Å². The van der Waals surface area contributed by atoms with E-state index in [9.17, 15) is 0 Å². The van der Waals surface area contributed by atoms with E-state index in [0.717, 1.165) is 33.7 Å². The van der Waals surface area contributed by atoms with Crippen LogP contribution < -0.4 is 0 Å². The van der Waals surface area contributed by atoms with Gasteiger partial charge in [0.1, 0.15) is 11.0 Å². The van der Waals surface area contributed by atoms with E-state index in [4.69, 9.17) is 11.6 Å². The third-order valence-electron chi connectivity index (χ3n) is 2.74. The molecule has 0 saturated heterocycles. The molecule has 1 heterocycles. The molecule has 0 bridgehead atoms. The molecule has 0 N–H and O–H groups in total. The number of halogens is 2. The van der Waals surface area contributed by atoms with Crippen LogP contribution in [0.4, 0.5) is 0 Å². The Morgan fingerprint density at radius 1 is 1.21 bits per heavy atom. The van der Waals surface area contributed by atoms with Gasteiger partial charge in [0.25, 0.3) is 0 Å². The number of aromatic nitrogens is 2. The van der Waals surface area contributed by atoms with Crippen molar-refractivity contribution in [3.05, 3.63) is 51.0 Å². The van der Waals surface area contributed by atoms with Crippen molar-refractivity contribution in [3.63, 3.8) is 0 Å². The number of hydrogen-bond donors (Lipinski definition) is 0. The van der Waals surface area contributed by atoms with Crippen molar-refractivity contribution in [3.8, 4) is 0 Å². The number of rotatable bonds is 4. The number of nitrogens with zero attached hydrogens (tertiary/aromatic N) is 2. The fourth-order valence-electron chi connectivity index (χ4n) is 1.76. The lowest BCUT2D eigenvalue weighted by Crippen LogP contribution is -2.01. The van der Waals surface area contributed by atoms with E-state index < -0.39 is 0 Å². The summed E-state index contributed by atoms with van der Waals surface area (Å²) in [5.41, 5.74) is 2.02. The topological polar surface area (TPSA) is 25.8 Å². The first-order chi connectivity index (χ1) is 9.10. The second kappa shape index (κ2) is 6.73. The maximum atomic E-state index is 6.17. The summed E-state index contributed by atoms with van der Waals surface area (Å²) in [6, 6.07) is 8.20. The molecule has 0 radical (unpaired) electrons. The molecule has 1 aromatic carbocycles. The summed E-state index contributed by atoms with van der Waals surface area (Å²) in [6.07, 6.45) is 0.866. The van der Waals surface area contributed by atoms with Crippen molar-refractivity contribution in [2.45, 2.75) is 30.9 Å².